The molecule has 26 heavy (non-hydrogen) atoms. The number of hydrogen-bond acceptors (Lipinski definition) is 4. The highest BCUT2D eigenvalue weighted by molar-refractivity contribution is 5.94. The van der Waals surface area contributed by atoms with Crippen LogP contribution in [-0.2, 0) is 9.59 Å². The van der Waals surface area contributed by atoms with E-state index in [4.69, 9.17) is 0 Å². The maximum absolute atomic E-state index is 12.4. The third-order valence-electron chi connectivity index (χ3n) is 4.78. The molecule has 1 aromatic carbocycles. The van der Waals surface area contributed by atoms with Crippen molar-refractivity contribution in [3.05, 3.63) is 54.7 Å². The quantitative estimate of drug-likeness (QED) is 0.868. The molecule has 2 aromatic rings. The standard InChI is InChI=1S/C20H24N4O2/c1-15(19(25)22-17-7-3-2-4-8-17)24-13-10-16(11-14-24)20(26)23-18-9-5-6-12-21-18/h2-9,12,15-16H,10-11,13-14H2,1H3,(H,22,25)(H,21,23,26). The molecule has 1 unspecified atom stereocenters. The first kappa shape index (κ1) is 18.1. The Hall–Kier alpha value is -2.73. The Balaban J connectivity index is 1.48. The minimum Gasteiger partial charge on any atom is -0.325 e. The Labute approximate surface area is 153 Å². The zero-order valence-corrected chi connectivity index (χ0v) is 14.9. The zero-order valence-electron chi connectivity index (χ0n) is 14.9. The average molecular weight is 352 g/mol. The Morgan fingerprint density at radius 2 is 1.73 bits per heavy atom. The molecule has 136 valence electrons. The van der Waals surface area contributed by atoms with Crippen molar-refractivity contribution in [1.29, 1.82) is 0 Å². The molecule has 0 saturated carbocycles. The SMILES string of the molecule is CC(C(=O)Nc1ccccc1)N1CCC(C(=O)Nc2ccccn2)CC1. The highest BCUT2D eigenvalue weighted by Gasteiger charge is 2.29. The van der Waals surface area contributed by atoms with Gasteiger partial charge in [0, 0.05) is 17.8 Å². The van der Waals surface area contributed by atoms with E-state index >= 15 is 0 Å². The fourth-order valence-electron chi connectivity index (χ4n) is 3.15. The van der Waals surface area contributed by atoms with Crippen LogP contribution in [0.1, 0.15) is 19.8 Å². The molecule has 6 nitrogen and oxygen atoms in total. The highest BCUT2D eigenvalue weighted by Crippen LogP contribution is 2.21. The molecule has 1 aliphatic heterocycles. The van der Waals surface area contributed by atoms with E-state index in [9.17, 15) is 9.59 Å². The molecule has 2 N–H and O–H groups in total. The summed E-state index contributed by atoms with van der Waals surface area (Å²) in [5, 5.41) is 5.80. The molecular formula is C20H24N4O2. The van der Waals surface area contributed by atoms with E-state index in [0.29, 0.717) is 5.82 Å². The third-order valence-corrected chi connectivity index (χ3v) is 4.78. The van der Waals surface area contributed by atoms with Gasteiger partial charge in [-0.2, -0.15) is 0 Å². The van der Waals surface area contributed by atoms with Gasteiger partial charge in [-0.15, -0.1) is 0 Å². The number of amides is 2. The molecule has 0 aliphatic carbocycles. The van der Waals surface area contributed by atoms with Crippen LogP contribution in [0.4, 0.5) is 11.5 Å². The summed E-state index contributed by atoms with van der Waals surface area (Å²) in [6.45, 7) is 3.36. The van der Waals surface area contributed by atoms with E-state index < -0.39 is 0 Å². The van der Waals surface area contributed by atoms with Crippen LogP contribution in [0.2, 0.25) is 0 Å². The number of rotatable bonds is 5. The number of nitrogens with zero attached hydrogens (tertiary/aromatic N) is 2. The number of para-hydroxylation sites is 1. The van der Waals surface area contributed by atoms with Crippen molar-refractivity contribution in [2.45, 2.75) is 25.8 Å². The lowest BCUT2D eigenvalue weighted by atomic mass is 9.95. The normalized spacial score (nSPS) is 16.7. The molecule has 6 heteroatoms. The Kier molecular flexibility index (Phi) is 5.96. The lowest BCUT2D eigenvalue weighted by molar-refractivity contribution is -0.123. The number of anilines is 2. The summed E-state index contributed by atoms with van der Waals surface area (Å²) in [5.74, 6) is 0.519. The van der Waals surface area contributed by atoms with Gasteiger partial charge in [0.25, 0.3) is 0 Å². The largest absolute Gasteiger partial charge is 0.325 e. The minimum atomic E-state index is -0.227. The van der Waals surface area contributed by atoms with Crippen molar-refractivity contribution < 1.29 is 9.59 Å². The van der Waals surface area contributed by atoms with Crippen molar-refractivity contribution in [3.8, 4) is 0 Å². The number of hydrogen-bond donors (Lipinski definition) is 2. The molecular weight excluding hydrogens is 328 g/mol. The molecule has 1 saturated heterocycles. The summed E-state index contributed by atoms with van der Waals surface area (Å²) >= 11 is 0. The van der Waals surface area contributed by atoms with Crippen LogP contribution in [0.3, 0.4) is 0 Å². The van der Waals surface area contributed by atoms with Gasteiger partial charge in [-0.1, -0.05) is 24.3 Å². The van der Waals surface area contributed by atoms with Gasteiger partial charge in [0.1, 0.15) is 5.82 Å². The van der Waals surface area contributed by atoms with Gasteiger partial charge in [0.2, 0.25) is 11.8 Å². The maximum atomic E-state index is 12.4. The Morgan fingerprint density at radius 3 is 2.38 bits per heavy atom. The van der Waals surface area contributed by atoms with Crippen molar-refractivity contribution in [2.24, 2.45) is 5.92 Å². The summed E-state index contributed by atoms with van der Waals surface area (Å²) in [4.78, 5) is 31.1. The molecule has 1 aliphatic rings. The van der Waals surface area contributed by atoms with Crippen molar-refractivity contribution in [2.75, 3.05) is 23.7 Å². The molecule has 0 bridgehead atoms. The van der Waals surface area contributed by atoms with Gasteiger partial charge in [0.15, 0.2) is 0 Å². The third kappa shape index (κ3) is 4.67. The number of piperidine rings is 1. The topological polar surface area (TPSA) is 74.3 Å². The predicted octanol–water partition coefficient (Wildman–Crippen LogP) is 2.76. The van der Waals surface area contributed by atoms with Crippen LogP contribution in [0.15, 0.2) is 54.7 Å². The van der Waals surface area contributed by atoms with Crippen molar-refractivity contribution in [3.63, 3.8) is 0 Å². The fourth-order valence-corrected chi connectivity index (χ4v) is 3.15. The average Bonchev–Trinajstić information content (AvgIpc) is 2.69. The lowest BCUT2D eigenvalue weighted by Gasteiger charge is -2.34. The van der Waals surface area contributed by atoms with Crippen LogP contribution in [0.25, 0.3) is 0 Å². The number of aromatic nitrogens is 1. The maximum Gasteiger partial charge on any atom is 0.241 e. The predicted molar refractivity (Wildman–Crippen MR) is 102 cm³/mol. The zero-order chi connectivity index (χ0) is 18.4. The van der Waals surface area contributed by atoms with Gasteiger partial charge < -0.3 is 10.6 Å². The molecule has 3 rings (SSSR count). The molecule has 2 heterocycles. The number of benzene rings is 1. The van der Waals surface area contributed by atoms with Crippen LogP contribution in [0, 0.1) is 5.92 Å². The monoisotopic (exact) mass is 352 g/mol. The lowest BCUT2D eigenvalue weighted by Crippen LogP contribution is -2.47. The highest BCUT2D eigenvalue weighted by atomic mass is 16.2. The van der Waals surface area contributed by atoms with Gasteiger partial charge in [-0.3, -0.25) is 14.5 Å². The van der Waals surface area contributed by atoms with E-state index in [0.717, 1.165) is 31.6 Å². The Bertz CT molecular complexity index is 728. The molecule has 2 amide bonds. The fraction of sp³-hybridized carbons (Fsp3) is 0.350. The smallest absolute Gasteiger partial charge is 0.241 e. The summed E-state index contributed by atoms with van der Waals surface area (Å²) in [6.07, 6.45) is 3.13. The molecule has 1 fully saturated rings. The molecule has 0 radical (unpaired) electrons. The summed E-state index contributed by atoms with van der Waals surface area (Å²) in [7, 11) is 0. The number of carbonyl (C=O) groups is 2. The van der Waals surface area contributed by atoms with E-state index in [1.807, 2.05) is 49.4 Å². The van der Waals surface area contributed by atoms with E-state index in [-0.39, 0.29) is 23.8 Å². The van der Waals surface area contributed by atoms with Crippen LogP contribution in [-0.4, -0.2) is 40.8 Å². The minimum absolute atomic E-state index is 0.00439. The molecule has 0 spiro atoms. The first-order valence-electron chi connectivity index (χ1n) is 8.95. The van der Waals surface area contributed by atoms with E-state index in [1.54, 1.807) is 12.3 Å². The summed E-state index contributed by atoms with van der Waals surface area (Å²) < 4.78 is 0. The Morgan fingerprint density at radius 1 is 1.04 bits per heavy atom. The summed E-state index contributed by atoms with van der Waals surface area (Å²) in [6, 6.07) is 14.7. The van der Waals surface area contributed by atoms with Gasteiger partial charge in [0.05, 0.1) is 6.04 Å². The van der Waals surface area contributed by atoms with Crippen molar-refractivity contribution in [1.82, 2.24) is 9.88 Å². The second kappa shape index (κ2) is 8.58. The van der Waals surface area contributed by atoms with Crippen LogP contribution < -0.4 is 10.6 Å². The van der Waals surface area contributed by atoms with Crippen LogP contribution >= 0.6 is 0 Å². The number of pyridine rings is 1. The molecule has 1 atom stereocenters. The van der Waals surface area contributed by atoms with Gasteiger partial charge in [-0.25, -0.2) is 4.98 Å². The number of nitrogens with one attached hydrogen (secondary N) is 2. The first-order chi connectivity index (χ1) is 12.6. The van der Waals surface area contributed by atoms with Gasteiger partial charge >= 0.3 is 0 Å². The second-order valence-corrected chi connectivity index (χ2v) is 6.55. The number of carbonyl (C=O) groups excluding carboxylic acids is 2. The van der Waals surface area contributed by atoms with Crippen LogP contribution in [0.5, 0.6) is 0 Å². The summed E-state index contributed by atoms with van der Waals surface area (Å²) in [5.41, 5.74) is 0.800. The second-order valence-electron chi connectivity index (χ2n) is 6.55. The number of likely N-dealkylation sites (tertiary alicyclic amines) is 1. The molecule has 1 aromatic heterocycles. The van der Waals surface area contributed by atoms with E-state index in [2.05, 4.69) is 20.5 Å². The van der Waals surface area contributed by atoms with Gasteiger partial charge in [-0.05, 0) is 57.1 Å². The first-order valence-corrected chi connectivity index (χ1v) is 8.95. The van der Waals surface area contributed by atoms with Crippen molar-refractivity contribution >= 4 is 23.3 Å². The van der Waals surface area contributed by atoms with E-state index in [1.165, 1.54) is 0 Å².